The molecule has 2 heterocycles. The fourth-order valence-electron chi connectivity index (χ4n) is 2.51. The summed E-state index contributed by atoms with van der Waals surface area (Å²) in [7, 11) is 0. The summed E-state index contributed by atoms with van der Waals surface area (Å²) in [6.45, 7) is -0.349. The van der Waals surface area contributed by atoms with Crippen molar-refractivity contribution in [2.24, 2.45) is 5.73 Å². The molecular formula is C14H13N3O6S. The van der Waals surface area contributed by atoms with Crippen LogP contribution in [0.4, 0.5) is 5.69 Å². The topological polar surface area (TPSA) is 136 Å². The average molecular weight is 351 g/mol. The first-order chi connectivity index (χ1) is 11.4. The number of hydrogen-bond acceptors (Lipinski definition) is 8. The Balaban J connectivity index is 1.76. The van der Waals surface area contributed by atoms with Gasteiger partial charge in [-0.15, -0.1) is 11.8 Å². The van der Waals surface area contributed by atoms with Crippen molar-refractivity contribution in [3.8, 4) is 0 Å². The highest BCUT2D eigenvalue weighted by atomic mass is 32.2. The maximum absolute atomic E-state index is 12.3. The highest BCUT2D eigenvalue weighted by molar-refractivity contribution is 8.00. The zero-order valence-corrected chi connectivity index (χ0v) is 13.1. The standard InChI is InChI=1S/C14H13N3O6S/c15-10-12(19)16-11(9(18)6-24-13(10)16)14(20)23-5-7-3-1-2-4-8(7)17(21)22/h1-4,10,13,18H,5-6,15H2/t10?,13-/m1/s1. The lowest BCUT2D eigenvalue weighted by atomic mass is 10.1. The third-order valence-electron chi connectivity index (χ3n) is 3.73. The number of amides is 1. The summed E-state index contributed by atoms with van der Waals surface area (Å²) in [4.78, 5) is 35.5. The van der Waals surface area contributed by atoms with Crippen LogP contribution in [0.25, 0.3) is 0 Å². The fraction of sp³-hybridized carbons (Fsp3) is 0.286. The van der Waals surface area contributed by atoms with Gasteiger partial charge < -0.3 is 15.6 Å². The van der Waals surface area contributed by atoms with Crippen LogP contribution in [0, 0.1) is 10.1 Å². The molecule has 1 aromatic rings. The molecule has 1 aromatic carbocycles. The number of para-hydroxylation sites is 1. The summed E-state index contributed by atoms with van der Waals surface area (Å²) >= 11 is 1.25. The van der Waals surface area contributed by atoms with E-state index in [1.807, 2.05) is 0 Å². The molecule has 0 bridgehead atoms. The predicted octanol–water partition coefficient (Wildman–Crippen LogP) is 0.650. The number of esters is 1. The second-order valence-corrected chi connectivity index (χ2v) is 6.30. The van der Waals surface area contributed by atoms with Gasteiger partial charge in [-0.1, -0.05) is 12.1 Å². The third-order valence-corrected chi connectivity index (χ3v) is 5.02. The number of β-lactam (4-membered cyclic amide) rings is 1. The van der Waals surface area contributed by atoms with Crippen molar-refractivity contribution in [2.45, 2.75) is 18.0 Å². The molecule has 24 heavy (non-hydrogen) atoms. The van der Waals surface area contributed by atoms with Crippen LogP contribution in [0.3, 0.4) is 0 Å². The molecule has 0 aromatic heterocycles. The fourth-order valence-corrected chi connectivity index (χ4v) is 3.66. The number of ether oxygens (including phenoxy) is 1. The Kier molecular flexibility index (Phi) is 4.16. The van der Waals surface area contributed by atoms with Crippen LogP contribution >= 0.6 is 11.8 Å². The van der Waals surface area contributed by atoms with Crippen LogP contribution in [-0.4, -0.2) is 44.0 Å². The first-order valence-corrected chi connectivity index (χ1v) is 7.98. The van der Waals surface area contributed by atoms with Crippen LogP contribution in [0.2, 0.25) is 0 Å². The second-order valence-electron chi connectivity index (χ2n) is 5.19. The molecule has 3 N–H and O–H groups in total. The summed E-state index contributed by atoms with van der Waals surface area (Å²) in [5.41, 5.74) is 5.45. The summed E-state index contributed by atoms with van der Waals surface area (Å²) in [5, 5.41) is 20.5. The Hall–Kier alpha value is -2.59. The number of carbonyl (C=O) groups excluding carboxylic acids is 2. The Morgan fingerprint density at radius 2 is 2.21 bits per heavy atom. The smallest absolute Gasteiger partial charge is 0.358 e. The van der Waals surface area contributed by atoms with Crippen molar-refractivity contribution < 1.29 is 24.4 Å². The Morgan fingerprint density at radius 3 is 2.92 bits per heavy atom. The number of rotatable bonds is 4. The van der Waals surface area contributed by atoms with Crippen LogP contribution in [0.1, 0.15) is 5.56 Å². The number of nitrogens with zero attached hydrogens (tertiary/aromatic N) is 2. The van der Waals surface area contributed by atoms with E-state index in [4.69, 9.17) is 10.5 Å². The number of hydrogen-bond donors (Lipinski definition) is 2. The molecule has 0 radical (unpaired) electrons. The number of benzene rings is 1. The minimum atomic E-state index is -0.920. The molecule has 2 aliphatic rings. The molecule has 1 fully saturated rings. The van der Waals surface area contributed by atoms with E-state index in [-0.39, 0.29) is 35.1 Å². The van der Waals surface area contributed by atoms with Crippen LogP contribution in [0.15, 0.2) is 35.7 Å². The lowest BCUT2D eigenvalue weighted by molar-refractivity contribution is -0.385. The molecule has 0 spiro atoms. The molecule has 0 saturated carbocycles. The van der Waals surface area contributed by atoms with Crippen molar-refractivity contribution >= 4 is 29.3 Å². The molecule has 10 heteroatoms. The second kappa shape index (κ2) is 6.13. The highest BCUT2D eigenvalue weighted by Crippen LogP contribution is 2.39. The number of aliphatic hydroxyl groups is 1. The number of aliphatic hydroxyl groups excluding tert-OH is 1. The molecule has 1 amide bonds. The summed E-state index contributed by atoms with van der Waals surface area (Å²) in [6.07, 6.45) is 0. The van der Waals surface area contributed by atoms with Gasteiger partial charge in [0.1, 0.15) is 23.8 Å². The van der Waals surface area contributed by atoms with E-state index < -0.39 is 28.2 Å². The molecular weight excluding hydrogens is 338 g/mol. The molecule has 2 atom stereocenters. The maximum atomic E-state index is 12.3. The van der Waals surface area contributed by atoms with Gasteiger partial charge in [-0.05, 0) is 6.07 Å². The monoisotopic (exact) mass is 351 g/mol. The molecule has 2 aliphatic heterocycles. The van der Waals surface area contributed by atoms with Crippen molar-refractivity contribution in [1.29, 1.82) is 0 Å². The van der Waals surface area contributed by atoms with Gasteiger partial charge in [-0.25, -0.2) is 4.79 Å². The normalized spacial score (nSPS) is 22.7. The van der Waals surface area contributed by atoms with Gasteiger partial charge in [-0.2, -0.15) is 0 Å². The minimum Gasteiger partial charge on any atom is -0.509 e. The summed E-state index contributed by atoms with van der Waals surface area (Å²) in [6, 6.07) is 5.12. The van der Waals surface area contributed by atoms with Crippen LogP contribution in [-0.2, 0) is 20.9 Å². The molecule has 0 aliphatic carbocycles. The number of nitrogens with two attached hydrogens (primary N) is 1. The van der Waals surface area contributed by atoms with Crippen molar-refractivity contribution in [3.05, 3.63) is 51.4 Å². The Morgan fingerprint density at radius 1 is 1.50 bits per heavy atom. The van der Waals surface area contributed by atoms with E-state index in [0.717, 1.165) is 4.90 Å². The molecule has 1 saturated heterocycles. The van der Waals surface area contributed by atoms with Gasteiger partial charge in [-0.3, -0.25) is 19.8 Å². The SMILES string of the molecule is NC1C(=O)N2C(C(=O)OCc3ccccc3[N+](=O)[O-])=C(O)CS[C@H]12. The lowest BCUT2D eigenvalue weighted by Gasteiger charge is -2.47. The zero-order chi connectivity index (χ0) is 17.4. The zero-order valence-electron chi connectivity index (χ0n) is 12.2. The molecule has 1 unspecified atom stereocenters. The average Bonchev–Trinajstić information content (AvgIpc) is 2.58. The van der Waals surface area contributed by atoms with Gasteiger partial charge in [0, 0.05) is 6.07 Å². The molecule has 3 rings (SSSR count). The van der Waals surface area contributed by atoms with Crippen LogP contribution < -0.4 is 5.73 Å². The molecule has 9 nitrogen and oxygen atoms in total. The predicted molar refractivity (Wildman–Crippen MR) is 83.6 cm³/mol. The van der Waals surface area contributed by atoms with Crippen molar-refractivity contribution in [3.63, 3.8) is 0 Å². The number of nitro benzene ring substituents is 1. The van der Waals surface area contributed by atoms with Gasteiger partial charge in [0.15, 0.2) is 5.70 Å². The van der Waals surface area contributed by atoms with E-state index >= 15 is 0 Å². The highest BCUT2D eigenvalue weighted by Gasteiger charge is 2.52. The summed E-state index contributed by atoms with van der Waals surface area (Å²) < 4.78 is 5.06. The van der Waals surface area contributed by atoms with E-state index in [0.29, 0.717) is 0 Å². The maximum Gasteiger partial charge on any atom is 0.358 e. The number of fused-ring (bicyclic) bond motifs is 1. The third kappa shape index (κ3) is 2.59. The first-order valence-electron chi connectivity index (χ1n) is 6.93. The largest absolute Gasteiger partial charge is 0.509 e. The van der Waals surface area contributed by atoms with E-state index in [1.165, 1.54) is 30.0 Å². The minimum absolute atomic E-state index is 0.137. The number of thioether (sulfide) groups is 1. The van der Waals surface area contributed by atoms with Gasteiger partial charge >= 0.3 is 5.97 Å². The Labute approximate surface area is 140 Å². The van der Waals surface area contributed by atoms with Crippen LogP contribution in [0.5, 0.6) is 0 Å². The quantitative estimate of drug-likeness (QED) is 0.349. The first kappa shape index (κ1) is 16.3. The van der Waals surface area contributed by atoms with E-state index in [2.05, 4.69) is 0 Å². The van der Waals surface area contributed by atoms with Gasteiger partial charge in [0.25, 0.3) is 5.69 Å². The van der Waals surface area contributed by atoms with Gasteiger partial charge in [0.2, 0.25) is 5.91 Å². The summed E-state index contributed by atoms with van der Waals surface area (Å²) in [5.74, 6) is -1.53. The van der Waals surface area contributed by atoms with E-state index in [9.17, 15) is 24.8 Å². The van der Waals surface area contributed by atoms with Crippen molar-refractivity contribution in [2.75, 3.05) is 5.75 Å². The van der Waals surface area contributed by atoms with Crippen molar-refractivity contribution in [1.82, 2.24) is 4.90 Å². The Bertz CT molecular complexity index is 765. The van der Waals surface area contributed by atoms with E-state index in [1.54, 1.807) is 6.07 Å². The van der Waals surface area contributed by atoms with Gasteiger partial charge in [0.05, 0.1) is 16.2 Å². The molecule has 126 valence electrons. The number of nitro groups is 1. The number of carbonyl (C=O) groups is 2. The lowest BCUT2D eigenvalue weighted by Crippen LogP contribution is -2.68.